The first-order chi connectivity index (χ1) is 16.1. The van der Waals surface area contributed by atoms with Crippen LogP contribution in [0.25, 0.3) is 0 Å². The monoisotopic (exact) mass is 531 g/mol. The second-order valence-corrected chi connectivity index (χ2v) is 10.4. The first kappa shape index (κ1) is 23.4. The van der Waals surface area contributed by atoms with Crippen LogP contribution in [-0.2, 0) is 28.1 Å². The number of fused-ring (bicyclic) bond motifs is 1. The fourth-order valence-electron chi connectivity index (χ4n) is 4.65. The largest absolute Gasteiger partial charge is 0.435 e. The number of amides is 2. The van der Waals surface area contributed by atoms with Gasteiger partial charge in [0.2, 0.25) is 5.91 Å². The van der Waals surface area contributed by atoms with Gasteiger partial charge in [-0.05, 0) is 55.0 Å². The van der Waals surface area contributed by atoms with Crippen LogP contribution in [0.5, 0.6) is 0 Å². The molecule has 1 saturated heterocycles. The summed E-state index contributed by atoms with van der Waals surface area (Å²) in [7, 11) is 0. The van der Waals surface area contributed by atoms with Crippen LogP contribution in [0.2, 0.25) is 10.0 Å². The average Bonchev–Trinajstić information content (AvgIpc) is 3.51. The molecule has 6 nitrogen and oxygen atoms in total. The number of nitrogens with zero attached hydrogens (tertiary/aromatic N) is 1. The van der Waals surface area contributed by atoms with Crippen molar-refractivity contribution in [3.63, 3.8) is 0 Å². The Labute approximate surface area is 206 Å². The van der Waals surface area contributed by atoms with Crippen LogP contribution in [0.3, 0.4) is 0 Å². The molecule has 2 aliphatic heterocycles. The Morgan fingerprint density at radius 1 is 1.21 bits per heavy atom. The van der Waals surface area contributed by atoms with E-state index >= 15 is 0 Å². The van der Waals surface area contributed by atoms with Crippen LogP contribution < -0.4 is 10.6 Å². The van der Waals surface area contributed by atoms with E-state index in [-0.39, 0.29) is 27.2 Å². The van der Waals surface area contributed by atoms with Crippen LogP contribution in [-0.4, -0.2) is 36.3 Å². The number of thiophene rings is 1. The molecule has 3 aliphatic rings. The summed E-state index contributed by atoms with van der Waals surface area (Å²) in [6, 6.07) is 3.07. The molecule has 2 amide bonds. The van der Waals surface area contributed by atoms with E-state index in [2.05, 4.69) is 15.8 Å². The summed E-state index contributed by atoms with van der Waals surface area (Å²) in [5.74, 6) is -0.648. The molecule has 34 heavy (non-hydrogen) atoms. The first-order valence-electron chi connectivity index (χ1n) is 10.6. The van der Waals surface area contributed by atoms with Gasteiger partial charge in [0.15, 0.2) is 0 Å². The van der Waals surface area contributed by atoms with Gasteiger partial charge in [0.1, 0.15) is 11.8 Å². The molecule has 2 atom stereocenters. The van der Waals surface area contributed by atoms with Gasteiger partial charge in [0, 0.05) is 22.2 Å². The predicted molar refractivity (Wildman–Crippen MR) is 122 cm³/mol. The Bertz CT molecular complexity index is 1210. The zero-order valence-corrected chi connectivity index (χ0v) is 19.9. The van der Waals surface area contributed by atoms with Crippen molar-refractivity contribution in [2.75, 3.05) is 6.54 Å². The molecule has 1 aromatic carbocycles. The Kier molecular flexibility index (Phi) is 5.81. The van der Waals surface area contributed by atoms with E-state index in [0.29, 0.717) is 35.6 Å². The SMILES string of the molecule is O=C(N[C@@H]1CCNC1=O)c1sc(C2=NOC(c3cc(Cl)cc(Cl)c3)(C(F)(F)F)C2)c2c1CCC2. The normalized spacial score (nSPS) is 24.0. The van der Waals surface area contributed by atoms with Gasteiger partial charge in [-0.3, -0.25) is 9.59 Å². The highest BCUT2D eigenvalue weighted by Crippen LogP contribution is 2.51. The smallest absolute Gasteiger partial charge is 0.374 e. The molecule has 0 saturated carbocycles. The summed E-state index contributed by atoms with van der Waals surface area (Å²) in [6.07, 6.45) is -2.86. The quantitative estimate of drug-likeness (QED) is 0.597. The molecule has 1 unspecified atom stereocenters. The third-order valence-electron chi connectivity index (χ3n) is 6.31. The van der Waals surface area contributed by atoms with Crippen LogP contribution in [0, 0.1) is 0 Å². The predicted octanol–water partition coefficient (Wildman–Crippen LogP) is 4.74. The molecule has 1 aromatic heterocycles. The maximum Gasteiger partial charge on any atom is 0.435 e. The lowest BCUT2D eigenvalue weighted by molar-refractivity contribution is -0.275. The number of hydrogen-bond donors (Lipinski definition) is 2. The number of alkyl halides is 3. The van der Waals surface area contributed by atoms with E-state index in [1.807, 2.05) is 0 Å². The topological polar surface area (TPSA) is 79.8 Å². The van der Waals surface area contributed by atoms with Crippen molar-refractivity contribution in [1.82, 2.24) is 10.6 Å². The maximum atomic E-state index is 14.3. The van der Waals surface area contributed by atoms with Gasteiger partial charge in [-0.2, -0.15) is 13.2 Å². The maximum absolute atomic E-state index is 14.3. The van der Waals surface area contributed by atoms with Gasteiger partial charge in [-0.1, -0.05) is 28.4 Å². The van der Waals surface area contributed by atoms with E-state index < -0.39 is 30.1 Å². The standard InChI is InChI=1S/C22H18Cl2F3N3O3S/c23-11-6-10(7-12(24)8-11)21(22(25,26)27)9-16(30-33-21)17-13-2-1-3-14(13)18(34-17)20(32)29-15-4-5-28-19(15)31/h6-8,15H,1-5,9H2,(H,28,31)(H,29,32)/t15-,21?/m1/s1. The summed E-state index contributed by atoms with van der Waals surface area (Å²) in [6.45, 7) is 0.485. The van der Waals surface area contributed by atoms with Crippen molar-refractivity contribution in [2.24, 2.45) is 5.16 Å². The number of halogens is 5. The molecule has 180 valence electrons. The van der Waals surface area contributed by atoms with Crippen LogP contribution in [0.15, 0.2) is 23.4 Å². The molecule has 12 heteroatoms. The molecule has 3 heterocycles. The fourth-order valence-corrected chi connectivity index (χ4v) is 6.46. The molecule has 1 aliphatic carbocycles. The van der Waals surface area contributed by atoms with Gasteiger partial charge in [-0.15, -0.1) is 11.3 Å². The second kappa shape index (κ2) is 8.42. The molecular weight excluding hydrogens is 514 g/mol. The van der Waals surface area contributed by atoms with Crippen LogP contribution in [0.1, 0.15) is 50.5 Å². The van der Waals surface area contributed by atoms with Gasteiger partial charge < -0.3 is 15.5 Å². The molecule has 5 rings (SSSR count). The number of carbonyl (C=O) groups is 2. The van der Waals surface area contributed by atoms with Crippen molar-refractivity contribution >= 4 is 52.1 Å². The first-order valence-corrected chi connectivity index (χ1v) is 12.2. The van der Waals surface area contributed by atoms with Crippen molar-refractivity contribution in [3.05, 3.63) is 54.7 Å². The van der Waals surface area contributed by atoms with Crippen molar-refractivity contribution in [2.45, 2.75) is 49.9 Å². The molecule has 1 fully saturated rings. The van der Waals surface area contributed by atoms with Crippen molar-refractivity contribution in [3.8, 4) is 0 Å². The molecule has 2 aromatic rings. The minimum absolute atomic E-state index is 0.0510. The number of hydrogen-bond acceptors (Lipinski definition) is 5. The summed E-state index contributed by atoms with van der Waals surface area (Å²) in [4.78, 5) is 30.8. The lowest BCUT2D eigenvalue weighted by atomic mass is 9.87. The van der Waals surface area contributed by atoms with Gasteiger partial charge >= 0.3 is 6.18 Å². The highest BCUT2D eigenvalue weighted by molar-refractivity contribution is 7.16. The third kappa shape index (κ3) is 3.85. The number of rotatable bonds is 4. The Balaban J connectivity index is 1.48. The highest BCUT2D eigenvalue weighted by atomic mass is 35.5. The molecule has 0 spiro atoms. The summed E-state index contributed by atoms with van der Waals surface area (Å²) >= 11 is 13.0. The average molecular weight is 532 g/mol. The van der Waals surface area contributed by atoms with E-state index in [1.165, 1.54) is 18.2 Å². The summed E-state index contributed by atoms with van der Waals surface area (Å²) in [5.41, 5.74) is -1.25. The number of oxime groups is 1. The van der Waals surface area contributed by atoms with E-state index in [4.69, 9.17) is 28.0 Å². The number of nitrogens with one attached hydrogen (secondary N) is 2. The highest BCUT2D eigenvalue weighted by Gasteiger charge is 2.62. The van der Waals surface area contributed by atoms with Crippen molar-refractivity contribution < 1.29 is 27.6 Å². The Hall–Kier alpha value is -2.30. The molecular formula is C22H18Cl2F3N3O3S. The minimum atomic E-state index is -4.80. The van der Waals surface area contributed by atoms with Gasteiger partial charge in [0.05, 0.1) is 16.2 Å². The third-order valence-corrected chi connectivity index (χ3v) is 8.07. The lowest BCUT2D eigenvalue weighted by Crippen LogP contribution is -2.42. The summed E-state index contributed by atoms with van der Waals surface area (Å²) < 4.78 is 43.0. The Morgan fingerprint density at radius 2 is 1.91 bits per heavy atom. The zero-order chi connectivity index (χ0) is 24.3. The van der Waals surface area contributed by atoms with E-state index in [9.17, 15) is 22.8 Å². The van der Waals surface area contributed by atoms with E-state index in [0.717, 1.165) is 28.9 Å². The minimum Gasteiger partial charge on any atom is -0.374 e. The number of benzene rings is 1. The molecule has 2 N–H and O–H groups in total. The fraction of sp³-hybridized carbons (Fsp3) is 0.409. The van der Waals surface area contributed by atoms with Crippen LogP contribution >= 0.6 is 34.5 Å². The van der Waals surface area contributed by atoms with Crippen LogP contribution in [0.4, 0.5) is 13.2 Å². The zero-order valence-electron chi connectivity index (χ0n) is 17.5. The molecule has 0 bridgehead atoms. The van der Waals surface area contributed by atoms with Gasteiger partial charge in [0.25, 0.3) is 11.5 Å². The Morgan fingerprint density at radius 3 is 2.56 bits per heavy atom. The summed E-state index contributed by atoms with van der Waals surface area (Å²) in [5, 5.41) is 9.35. The lowest BCUT2D eigenvalue weighted by Gasteiger charge is -2.29. The van der Waals surface area contributed by atoms with E-state index in [1.54, 1.807) is 0 Å². The number of carbonyl (C=O) groups excluding carboxylic acids is 2. The molecule has 0 radical (unpaired) electrons. The van der Waals surface area contributed by atoms with Gasteiger partial charge in [-0.25, -0.2) is 0 Å². The van der Waals surface area contributed by atoms with Crippen molar-refractivity contribution in [1.29, 1.82) is 0 Å². The second-order valence-electron chi connectivity index (χ2n) is 8.47.